The van der Waals surface area contributed by atoms with Gasteiger partial charge in [-0.1, -0.05) is 11.6 Å². The molecule has 0 bridgehead atoms. The predicted octanol–water partition coefficient (Wildman–Crippen LogP) is 4.95. The third-order valence-corrected chi connectivity index (χ3v) is 4.28. The smallest absolute Gasteiger partial charge is 0.195 e. The van der Waals surface area contributed by atoms with Gasteiger partial charge in [-0.25, -0.2) is 4.39 Å². The number of ketones is 1. The Morgan fingerprint density at radius 2 is 2.00 bits per heavy atom. The average molecular weight is 353 g/mol. The fraction of sp³-hybridized carbons (Fsp3) is 0. The highest BCUT2D eigenvalue weighted by Crippen LogP contribution is 2.26. The molecule has 3 rings (SSSR count). The molecule has 1 heterocycles. The third-order valence-electron chi connectivity index (χ3n) is 3.07. The first-order valence-corrected chi connectivity index (χ1v) is 7.00. The molecule has 100 valence electrons. The van der Waals surface area contributed by atoms with Crippen molar-refractivity contribution in [2.75, 3.05) is 0 Å². The van der Waals surface area contributed by atoms with Crippen molar-refractivity contribution in [2.24, 2.45) is 0 Å². The van der Waals surface area contributed by atoms with E-state index in [9.17, 15) is 9.18 Å². The van der Waals surface area contributed by atoms with Crippen molar-refractivity contribution >= 4 is 44.2 Å². The zero-order valence-electron chi connectivity index (χ0n) is 10.1. The van der Waals surface area contributed by atoms with E-state index in [0.29, 0.717) is 31.5 Å². The molecule has 0 aliphatic heterocycles. The topological polar surface area (TPSA) is 32.9 Å². The Bertz CT molecular complexity index is 828. The van der Waals surface area contributed by atoms with Gasteiger partial charge in [0, 0.05) is 32.7 Å². The first-order valence-electron chi connectivity index (χ1n) is 5.82. The summed E-state index contributed by atoms with van der Waals surface area (Å²) in [6.07, 6.45) is 1.59. The summed E-state index contributed by atoms with van der Waals surface area (Å²) in [6.45, 7) is 0. The van der Waals surface area contributed by atoms with E-state index in [0.717, 1.165) is 0 Å². The summed E-state index contributed by atoms with van der Waals surface area (Å²) in [5.41, 5.74) is 1.63. The van der Waals surface area contributed by atoms with Gasteiger partial charge in [0.1, 0.15) is 5.82 Å². The molecule has 0 amide bonds. The van der Waals surface area contributed by atoms with Crippen molar-refractivity contribution in [3.05, 3.63) is 69.0 Å². The van der Waals surface area contributed by atoms with Crippen LogP contribution in [0.2, 0.25) is 5.02 Å². The van der Waals surface area contributed by atoms with Crippen molar-refractivity contribution in [3.63, 3.8) is 0 Å². The summed E-state index contributed by atoms with van der Waals surface area (Å²) >= 11 is 9.21. The van der Waals surface area contributed by atoms with Gasteiger partial charge < -0.3 is 4.98 Å². The van der Waals surface area contributed by atoms with Gasteiger partial charge in [0.05, 0.1) is 5.02 Å². The molecule has 1 N–H and O–H groups in total. The van der Waals surface area contributed by atoms with Crippen LogP contribution in [-0.2, 0) is 0 Å². The van der Waals surface area contributed by atoms with E-state index in [1.807, 2.05) is 0 Å². The molecule has 0 spiro atoms. The molecule has 0 radical (unpaired) electrons. The van der Waals surface area contributed by atoms with Gasteiger partial charge in [-0.3, -0.25) is 4.79 Å². The van der Waals surface area contributed by atoms with Gasteiger partial charge in [-0.2, -0.15) is 0 Å². The molecule has 20 heavy (non-hydrogen) atoms. The monoisotopic (exact) mass is 351 g/mol. The van der Waals surface area contributed by atoms with Gasteiger partial charge in [0.25, 0.3) is 0 Å². The van der Waals surface area contributed by atoms with Crippen molar-refractivity contribution in [2.45, 2.75) is 0 Å². The molecular formula is C15H8BrClFNO. The Morgan fingerprint density at radius 3 is 2.75 bits per heavy atom. The van der Waals surface area contributed by atoms with Crippen LogP contribution in [0.5, 0.6) is 0 Å². The Labute approximate surface area is 127 Å². The molecule has 0 saturated carbocycles. The molecule has 5 heteroatoms. The quantitative estimate of drug-likeness (QED) is 0.650. The number of hydrogen-bond acceptors (Lipinski definition) is 1. The fourth-order valence-corrected chi connectivity index (χ4v) is 2.58. The number of halogens is 3. The molecule has 1 aromatic heterocycles. The molecule has 3 aromatic rings. The maximum Gasteiger partial charge on any atom is 0.195 e. The van der Waals surface area contributed by atoms with Crippen LogP contribution >= 0.6 is 27.5 Å². The Morgan fingerprint density at radius 1 is 1.20 bits per heavy atom. The molecule has 0 atom stereocenters. The van der Waals surface area contributed by atoms with Crippen LogP contribution in [-0.4, -0.2) is 10.8 Å². The van der Waals surface area contributed by atoms with Gasteiger partial charge in [0.15, 0.2) is 5.78 Å². The number of carbonyl (C=O) groups excluding carboxylic acids is 1. The second-order valence-corrected chi connectivity index (χ2v) is 5.61. The highest BCUT2D eigenvalue weighted by Gasteiger charge is 2.15. The maximum atomic E-state index is 13.1. The second-order valence-electron chi connectivity index (χ2n) is 4.35. The minimum Gasteiger partial charge on any atom is -0.360 e. The van der Waals surface area contributed by atoms with Crippen LogP contribution in [0.25, 0.3) is 10.9 Å². The zero-order valence-corrected chi connectivity index (χ0v) is 12.4. The highest BCUT2D eigenvalue weighted by molar-refractivity contribution is 9.10. The van der Waals surface area contributed by atoms with E-state index in [4.69, 9.17) is 11.6 Å². The largest absolute Gasteiger partial charge is 0.360 e. The second kappa shape index (κ2) is 5.04. The molecule has 0 saturated heterocycles. The zero-order chi connectivity index (χ0) is 14.3. The minimum absolute atomic E-state index is 0.139. The number of fused-ring (bicyclic) bond motifs is 1. The van der Waals surface area contributed by atoms with Crippen molar-refractivity contribution in [1.29, 1.82) is 0 Å². The van der Waals surface area contributed by atoms with Gasteiger partial charge >= 0.3 is 0 Å². The van der Waals surface area contributed by atoms with Crippen molar-refractivity contribution in [3.8, 4) is 0 Å². The molecular weight excluding hydrogens is 345 g/mol. The normalized spacial score (nSPS) is 10.9. The summed E-state index contributed by atoms with van der Waals surface area (Å²) in [4.78, 5) is 15.4. The first kappa shape index (κ1) is 13.3. The van der Waals surface area contributed by atoms with Gasteiger partial charge in [-0.15, -0.1) is 0 Å². The van der Waals surface area contributed by atoms with E-state index in [1.54, 1.807) is 30.5 Å². The summed E-state index contributed by atoms with van der Waals surface area (Å²) in [5, 5.41) is 1.24. The standard InChI is InChI=1S/C15H8BrClFNO/c16-12-5-8(1-4-13(12)17)15(20)11-7-19-14-6-9(18)2-3-10(11)14/h1-7,19H. The average Bonchev–Trinajstić information content (AvgIpc) is 2.84. The van der Waals surface area contributed by atoms with E-state index in [1.165, 1.54) is 12.1 Å². The Balaban J connectivity index is 2.10. The summed E-state index contributed by atoms with van der Waals surface area (Å²) in [5.74, 6) is -0.479. The molecule has 2 nitrogen and oxygen atoms in total. The number of benzene rings is 2. The first-order chi connectivity index (χ1) is 9.56. The molecule has 0 fully saturated rings. The lowest BCUT2D eigenvalue weighted by Gasteiger charge is -2.02. The van der Waals surface area contributed by atoms with Crippen LogP contribution in [0.4, 0.5) is 4.39 Å². The van der Waals surface area contributed by atoms with Gasteiger partial charge in [0.2, 0.25) is 0 Å². The van der Waals surface area contributed by atoms with Crippen LogP contribution in [0.1, 0.15) is 15.9 Å². The minimum atomic E-state index is -0.340. The van der Waals surface area contributed by atoms with Crippen molar-refractivity contribution < 1.29 is 9.18 Å². The summed E-state index contributed by atoms with van der Waals surface area (Å²) in [7, 11) is 0. The van der Waals surface area contributed by atoms with Crippen LogP contribution < -0.4 is 0 Å². The SMILES string of the molecule is O=C(c1ccc(Cl)c(Br)c1)c1c[nH]c2cc(F)ccc12. The number of carbonyl (C=O) groups is 1. The van der Waals surface area contributed by atoms with E-state index in [-0.39, 0.29) is 11.6 Å². The molecule has 0 unspecified atom stereocenters. The van der Waals surface area contributed by atoms with Crippen molar-refractivity contribution in [1.82, 2.24) is 4.98 Å². The molecule has 2 aromatic carbocycles. The Kier molecular flexibility index (Phi) is 3.36. The third kappa shape index (κ3) is 2.25. The molecule has 0 aliphatic carbocycles. The van der Waals surface area contributed by atoms with E-state index in [2.05, 4.69) is 20.9 Å². The number of nitrogens with one attached hydrogen (secondary N) is 1. The lowest BCUT2D eigenvalue weighted by molar-refractivity contribution is 0.104. The lowest BCUT2D eigenvalue weighted by Crippen LogP contribution is -2.00. The van der Waals surface area contributed by atoms with E-state index < -0.39 is 0 Å². The highest BCUT2D eigenvalue weighted by atomic mass is 79.9. The Hall–Kier alpha value is -1.65. The summed E-state index contributed by atoms with van der Waals surface area (Å²) in [6, 6.07) is 9.30. The predicted molar refractivity (Wildman–Crippen MR) is 80.8 cm³/mol. The lowest BCUT2D eigenvalue weighted by atomic mass is 10.0. The number of H-pyrrole nitrogens is 1. The van der Waals surface area contributed by atoms with Gasteiger partial charge in [-0.05, 0) is 52.3 Å². The number of hydrogen-bond donors (Lipinski definition) is 1. The number of aromatic nitrogens is 1. The van der Waals surface area contributed by atoms with Crippen LogP contribution in [0.15, 0.2) is 47.1 Å². The van der Waals surface area contributed by atoms with Crippen LogP contribution in [0.3, 0.4) is 0 Å². The fourth-order valence-electron chi connectivity index (χ4n) is 2.08. The maximum absolute atomic E-state index is 13.1. The number of aromatic amines is 1. The van der Waals surface area contributed by atoms with Crippen LogP contribution in [0, 0.1) is 5.82 Å². The van der Waals surface area contributed by atoms with E-state index >= 15 is 0 Å². The summed E-state index contributed by atoms with van der Waals surface area (Å²) < 4.78 is 13.8. The molecule has 0 aliphatic rings. The number of rotatable bonds is 2.